The van der Waals surface area contributed by atoms with Crippen LogP contribution in [0.25, 0.3) is 0 Å². The monoisotopic (exact) mass is 435 g/mol. The number of amides is 3. The quantitative estimate of drug-likeness (QED) is 0.669. The topological polar surface area (TPSA) is 78.5 Å². The van der Waals surface area contributed by atoms with Gasteiger partial charge in [-0.3, -0.25) is 14.4 Å². The minimum absolute atomic E-state index is 0.0208. The summed E-state index contributed by atoms with van der Waals surface area (Å²) in [5, 5.41) is 5.98. The molecule has 32 heavy (non-hydrogen) atoms. The van der Waals surface area contributed by atoms with Gasteiger partial charge in [-0.15, -0.1) is 0 Å². The van der Waals surface area contributed by atoms with Gasteiger partial charge >= 0.3 is 0 Å². The van der Waals surface area contributed by atoms with Gasteiger partial charge in [-0.25, -0.2) is 0 Å². The summed E-state index contributed by atoms with van der Waals surface area (Å²) in [6.45, 7) is 5.15. The van der Waals surface area contributed by atoms with Gasteiger partial charge in [-0.2, -0.15) is 0 Å². The summed E-state index contributed by atoms with van der Waals surface area (Å²) in [5.74, 6) is -0.328. The summed E-state index contributed by atoms with van der Waals surface area (Å²) >= 11 is 0. The molecule has 0 spiro atoms. The van der Waals surface area contributed by atoms with E-state index in [1.165, 1.54) is 0 Å². The Hall–Kier alpha value is -3.15. The van der Waals surface area contributed by atoms with Gasteiger partial charge in [-0.05, 0) is 49.8 Å². The predicted molar refractivity (Wildman–Crippen MR) is 125 cm³/mol. The van der Waals surface area contributed by atoms with E-state index in [0.717, 1.165) is 12.0 Å². The van der Waals surface area contributed by atoms with Crippen LogP contribution in [0.15, 0.2) is 60.7 Å². The Morgan fingerprint density at radius 3 is 2.12 bits per heavy atom. The van der Waals surface area contributed by atoms with E-state index in [-0.39, 0.29) is 29.7 Å². The van der Waals surface area contributed by atoms with Gasteiger partial charge in [0.25, 0.3) is 5.91 Å². The number of nitrogens with one attached hydrogen (secondary N) is 2. The molecule has 0 bridgehead atoms. The summed E-state index contributed by atoms with van der Waals surface area (Å²) in [4.78, 5) is 40.4. The molecule has 6 heteroatoms. The van der Waals surface area contributed by atoms with Crippen molar-refractivity contribution in [1.82, 2.24) is 15.5 Å². The van der Waals surface area contributed by atoms with E-state index in [2.05, 4.69) is 10.6 Å². The van der Waals surface area contributed by atoms with Crippen LogP contribution in [-0.4, -0.2) is 47.8 Å². The van der Waals surface area contributed by atoms with E-state index < -0.39 is 6.04 Å². The van der Waals surface area contributed by atoms with Crippen LogP contribution in [0.2, 0.25) is 0 Å². The second-order valence-corrected chi connectivity index (χ2v) is 8.52. The zero-order valence-electron chi connectivity index (χ0n) is 18.9. The maximum Gasteiger partial charge on any atom is 0.251 e. The van der Waals surface area contributed by atoms with Crippen molar-refractivity contribution < 1.29 is 14.4 Å². The first kappa shape index (κ1) is 23.5. The molecular formula is C26H33N3O3. The fourth-order valence-corrected chi connectivity index (χ4v) is 4.01. The zero-order chi connectivity index (χ0) is 22.9. The summed E-state index contributed by atoms with van der Waals surface area (Å²) in [5.41, 5.74) is 1.53. The van der Waals surface area contributed by atoms with Crippen LogP contribution in [0.4, 0.5) is 0 Å². The number of hydrogen-bond acceptors (Lipinski definition) is 3. The minimum Gasteiger partial charge on any atom is -0.352 e. The molecular weight excluding hydrogens is 402 g/mol. The predicted octanol–water partition coefficient (Wildman–Crippen LogP) is 3.18. The van der Waals surface area contributed by atoms with Gasteiger partial charge in [0.15, 0.2) is 0 Å². The second kappa shape index (κ2) is 11.5. The Morgan fingerprint density at radius 2 is 1.53 bits per heavy atom. The molecule has 2 N–H and O–H groups in total. The van der Waals surface area contributed by atoms with Crippen LogP contribution >= 0.6 is 0 Å². The largest absolute Gasteiger partial charge is 0.352 e. The Kier molecular flexibility index (Phi) is 8.42. The minimum atomic E-state index is -0.622. The normalized spacial score (nSPS) is 16.1. The number of carbonyl (C=O) groups excluding carboxylic acids is 3. The number of rotatable bonds is 8. The van der Waals surface area contributed by atoms with Crippen molar-refractivity contribution in [3.63, 3.8) is 0 Å². The highest BCUT2D eigenvalue weighted by molar-refractivity contribution is 5.97. The Morgan fingerprint density at radius 1 is 0.938 bits per heavy atom. The van der Waals surface area contributed by atoms with Gasteiger partial charge in [0.2, 0.25) is 11.8 Å². The maximum absolute atomic E-state index is 13.0. The van der Waals surface area contributed by atoms with E-state index in [1.54, 1.807) is 24.3 Å². The number of carbonyl (C=O) groups is 3. The zero-order valence-corrected chi connectivity index (χ0v) is 18.9. The molecule has 2 unspecified atom stereocenters. The van der Waals surface area contributed by atoms with Gasteiger partial charge < -0.3 is 15.5 Å². The molecule has 3 rings (SSSR count). The van der Waals surface area contributed by atoms with Crippen molar-refractivity contribution in [2.45, 2.75) is 51.6 Å². The van der Waals surface area contributed by atoms with Crippen molar-refractivity contribution >= 4 is 17.7 Å². The number of likely N-dealkylation sites (tertiary alicyclic amines) is 1. The average Bonchev–Trinajstić information content (AvgIpc) is 2.83. The van der Waals surface area contributed by atoms with E-state index in [1.807, 2.05) is 55.1 Å². The van der Waals surface area contributed by atoms with Crippen LogP contribution in [0.5, 0.6) is 0 Å². The summed E-state index contributed by atoms with van der Waals surface area (Å²) < 4.78 is 0. The Balaban J connectivity index is 1.64. The third-order valence-electron chi connectivity index (χ3n) is 6.17. The number of hydrogen-bond donors (Lipinski definition) is 2. The van der Waals surface area contributed by atoms with Crippen LogP contribution in [0.3, 0.4) is 0 Å². The lowest BCUT2D eigenvalue weighted by Gasteiger charge is -2.36. The van der Waals surface area contributed by atoms with Crippen LogP contribution < -0.4 is 10.6 Å². The number of benzene rings is 2. The van der Waals surface area contributed by atoms with E-state index in [9.17, 15) is 14.4 Å². The summed E-state index contributed by atoms with van der Waals surface area (Å²) in [6.07, 6.45) is 2.55. The molecule has 2 aromatic carbocycles. The molecule has 1 saturated heterocycles. The smallest absolute Gasteiger partial charge is 0.251 e. The Bertz CT molecular complexity index is 893. The molecule has 170 valence electrons. The highest BCUT2D eigenvalue weighted by atomic mass is 16.2. The highest BCUT2D eigenvalue weighted by Gasteiger charge is 2.34. The summed E-state index contributed by atoms with van der Waals surface area (Å²) in [6, 6.07) is 18.1. The Labute approximate surface area is 190 Å². The van der Waals surface area contributed by atoms with E-state index in [4.69, 9.17) is 0 Å². The van der Waals surface area contributed by atoms with Gasteiger partial charge in [0.05, 0.1) is 6.42 Å². The molecule has 3 amide bonds. The van der Waals surface area contributed by atoms with Gasteiger partial charge in [0.1, 0.15) is 6.04 Å². The molecule has 2 atom stereocenters. The molecule has 0 radical (unpaired) electrons. The number of nitrogens with zero attached hydrogens (tertiary/aromatic N) is 1. The lowest BCUT2D eigenvalue weighted by atomic mass is 9.88. The van der Waals surface area contributed by atoms with Crippen LogP contribution in [0.1, 0.15) is 49.0 Å². The lowest BCUT2D eigenvalue weighted by molar-refractivity contribution is -0.132. The standard InChI is InChI=1S/C26H33N3O3/c1-3-19(2)27-26(32)24(28-25(31)22-12-8-5-9-13-22)21-14-16-29(17-15-21)23(30)18-20-10-6-4-7-11-20/h4-13,19,21,24H,3,14-18H2,1-2H3,(H,27,32)(H,28,31). The first-order valence-corrected chi connectivity index (χ1v) is 11.5. The van der Waals surface area contributed by atoms with Gasteiger partial charge in [0, 0.05) is 24.7 Å². The van der Waals surface area contributed by atoms with Crippen molar-refractivity contribution in [3.05, 3.63) is 71.8 Å². The van der Waals surface area contributed by atoms with Crippen LogP contribution in [0, 0.1) is 5.92 Å². The molecule has 1 fully saturated rings. The molecule has 0 aliphatic carbocycles. The average molecular weight is 436 g/mol. The molecule has 0 aromatic heterocycles. The number of piperidine rings is 1. The molecule has 0 saturated carbocycles. The second-order valence-electron chi connectivity index (χ2n) is 8.52. The van der Waals surface area contributed by atoms with Crippen molar-refractivity contribution in [2.24, 2.45) is 5.92 Å². The molecule has 1 aliphatic heterocycles. The van der Waals surface area contributed by atoms with Gasteiger partial charge in [-0.1, -0.05) is 55.5 Å². The fraction of sp³-hybridized carbons (Fsp3) is 0.423. The maximum atomic E-state index is 13.0. The molecule has 2 aromatic rings. The summed E-state index contributed by atoms with van der Waals surface area (Å²) in [7, 11) is 0. The molecule has 6 nitrogen and oxygen atoms in total. The van der Waals surface area contributed by atoms with Crippen LogP contribution in [-0.2, 0) is 16.0 Å². The van der Waals surface area contributed by atoms with Crippen molar-refractivity contribution in [1.29, 1.82) is 0 Å². The SMILES string of the molecule is CCC(C)NC(=O)C(NC(=O)c1ccccc1)C1CCN(C(=O)Cc2ccccc2)CC1. The van der Waals surface area contributed by atoms with E-state index in [0.29, 0.717) is 37.9 Å². The fourth-order valence-electron chi connectivity index (χ4n) is 4.01. The van der Waals surface area contributed by atoms with Crippen molar-refractivity contribution in [2.75, 3.05) is 13.1 Å². The first-order chi connectivity index (χ1) is 15.5. The first-order valence-electron chi connectivity index (χ1n) is 11.5. The third-order valence-corrected chi connectivity index (χ3v) is 6.17. The van der Waals surface area contributed by atoms with Crippen molar-refractivity contribution in [3.8, 4) is 0 Å². The molecule has 1 heterocycles. The van der Waals surface area contributed by atoms with E-state index >= 15 is 0 Å². The third kappa shape index (κ3) is 6.42. The lowest BCUT2D eigenvalue weighted by Crippen LogP contribution is -2.55. The highest BCUT2D eigenvalue weighted by Crippen LogP contribution is 2.22. The molecule has 1 aliphatic rings.